The van der Waals surface area contributed by atoms with Gasteiger partial charge in [0.05, 0.1) is 10.6 Å². The fourth-order valence-corrected chi connectivity index (χ4v) is 3.93. The fourth-order valence-electron chi connectivity index (χ4n) is 2.87. The Kier molecular flexibility index (Phi) is 6.54. The largest absolute Gasteiger partial charge is 0.455 e. The number of rotatable bonds is 7. The standard InChI is InChI=1S/C23H24N2O4S/c1-4-24-30(27,28)19-14-11-17(3)20(15-19)23(26)25-21-7-5-6-8-22(21)29-18-12-9-16(2)10-13-18/h5-15,24H,4H2,1-3H3,(H,25,26). The zero-order valence-corrected chi connectivity index (χ0v) is 17.9. The fraction of sp³-hybridized carbons (Fsp3) is 0.174. The molecule has 0 aliphatic heterocycles. The third kappa shape index (κ3) is 5.06. The van der Waals surface area contributed by atoms with Gasteiger partial charge in [-0.2, -0.15) is 0 Å². The Balaban J connectivity index is 1.87. The summed E-state index contributed by atoms with van der Waals surface area (Å²) in [5.41, 5.74) is 2.55. The maximum absolute atomic E-state index is 12.9. The normalized spacial score (nSPS) is 11.2. The van der Waals surface area contributed by atoms with Gasteiger partial charge in [-0.25, -0.2) is 13.1 Å². The van der Waals surface area contributed by atoms with E-state index in [1.807, 2.05) is 37.3 Å². The lowest BCUT2D eigenvalue weighted by Gasteiger charge is -2.14. The Morgan fingerprint density at radius 1 is 0.967 bits per heavy atom. The number of carbonyl (C=O) groups excluding carboxylic acids is 1. The summed E-state index contributed by atoms with van der Waals surface area (Å²) >= 11 is 0. The van der Waals surface area contributed by atoms with Gasteiger partial charge in [-0.1, -0.05) is 42.8 Å². The number of carbonyl (C=O) groups is 1. The second-order valence-corrected chi connectivity index (χ2v) is 8.61. The van der Waals surface area contributed by atoms with Gasteiger partial charge in [0.25, 0.3) is 5.91 Å². The summed E-state index contributed by atoms with van der Waals surface area (Å²) in [5.74, 6) is 0.724. The first-order valence-electron chi connectivity index (χ1n) is 9.55. The van der Waals surface area contributed by atoms with E-state index in [2.05, 4.69) is 10.0 Å². The number of benzene rings is 3. The summed E-state index contributed by atoms with van der Waals surface area (Å²) in [6.45, 7) is 5.71. The van der Waals surface area contributed by atoms with Crippen molar-refractivity contribution >= 4 is 21.6 Å². The molecule has 0 saturated carbocycles. The summed E-state index contributed by atoms with van der Waals surface area (Å²) in [6, 6.07) is 19.2. The monoisotopic (exact) mass is 424 g/mol. The highest BCUT2D eigenvalue weighted by molar-refractivity contribution is 7.89. The van der Waals surface area contributed by atoms with Crippen molar-refractivity contribution in [3.8, 4) is 11.5 Å². The van der Waals surface area contributed by atoms with Gasteiger partial charge in [0, 0.05) is 12.1 Å². The molecule has 0 atom stereocenters. The lowest BCUT2D eigenvalue weighted by molar-refractivity contribution is 0.102. The van der Waals surface area contributed by atoms with Gasteiger partial charge in [-0.3, -0.25) is 4.79 Å². The highest BCUT2D eigenvalue weighted by Gasteiger charge is 2.18. The maximum Gasteiger partial charge on any atom is 0.256 e. The van der Waals surface area contributed by atoms with Crippen LogP contribution in [0.2, 0.25) is 0 Å². The lowest BCUT2D eigenvalue weighted by atomic mass is 10.1. The molecule has 0 saturated heterocycles. The molecule has 30 heavy (non-hydrogen) atoms. The molecule has 0 heterocycles. The van der Waals surface area contributed by atoms with Crippen LogP contribution in [0.4, 0.5) is 5.69 Å². The Morgan fingerprint density at radius 2 is 1.67 bits per heavy atom. The molecule has 2 N–H and O–H groups in total. The number of para-hydroxylation sites is 2. The van der Waals surface area contributed by atoms with E-state index in [1.165, 1.54) is 12.1 Å². The van der Waals surface area contributed by atoms with E-state index < -0.39 is 15.9 Å². The molecule has 0 fully saturated rings. The molecule has 156 valence electrons. The van der Waals surface area contributed by atoms with Gasteiger partial charge in [-0.05, 0) is 55.8 Å². The van der Waals surface area contributed by atoms with Crippen LogP contribution in [0.15, 0.2) is 71.6 Å². The molecule has 0 spiro atoms. The average Bonchev–Trinajstić information content (AvgIpc) is 2.71. The van der Waals surface area contributed by atoms with Crippen molar-refractivity contribution < 1.29 is 17.9 Å². The zero-order chi connectivity index (χ0) is 21.7. The number of hydrogen-bond acceptors (Lipinski definition) is 4. The second kappa shape index (κ2) is 9.11. The van der Waals surface area contributed by atoms with Crippen LogP contribution in [0, 0.1) is 13.8 Å². The zero-order valence-electron chi connectivity index (χ0n) is 17.1. The number of nitrogens with one attached hydrogen (secondary N) is 2. The van der Waals surface area contributed by atoms with Crippen LogP contribution in [0.3, 0.4) is 0 Å². The van der Waals surface area contributed by atoms with Gasteiger partial charge in [0.15, 0.2) is 5.75 Å². The van der Waals surface area contributed by atoms with Gasteiger partial charge in [-0.15, -0.1) is 0 Å². The molecular weight excluding hydrogens is 400 g/mol. The van der Waals surface area contributed by atoms with E-state index in [1.54, 1.807) is 38.1 Å². The summed E-state index contributed by atoms with van der Waals surface area (Å²) in [4.78, 5) is 13.0. The molecule has 3 rings (SSSR count). The van der Waals surface area contributed by atoms with Crippen LogP contribution in [0.1, 0.15) is 28.4 Å². The van der Waals surface area contributed by atoms with Gasteiger partial charge >= 0.3 is 0 Å². The molecule has 6 nitrogen and oxygen atoms in total. The van der Waals surface area contributed by atoms with E-state index >= 15 is 0 Å². The molecule has 7 heteroatoms. The molecule has 0 aliphatic carbocycles. The molecule has 0 radical (unpaired) electrons. The highest BCUT2D eigenvalue weighted by Crippen LogP contribution is 2.30. The third-order valence-electron chi connectivity index (χ3n) is 4.48. The first kappa shape index (κ1) is 21.5. The van der Waals surface area contributed by atoms with Gasteiger partial charge < -0.3 is 10.1 Å². The molecule has 0 bridgehead atoms. The first-order valence-corrected chi connectivity index (χ1v) is 11.0. The van der Waals surface area contributed by atoms with E-state index in [0.29, 0.717) is 22.7 Å². The van der Waals surface area contributed by atoms with Crippen molar-refractivity contribution in [2.75, 3.05) is 11.9 Å². The minimum absolute atomic E-state index is 0.0456. The molecular formula is C23H24N2O4S. The van der Waals surface area contributed by atoms with Crippen molar-refractivity contribution in [3.63, 3.8) is 0 Å². The van der Waals surface area contributed by atoms with E-state index in [0.717, 1.165) is 5.56 Å². The van der Waals surface area contributed by atoms with E-state index in [9.17, 15) is 13.2 Å². The maximum atomic E-state index is 12.9. The molecule has 1 amide bonds. The van der Waals surface area contributed by atoms with E-state index in [-0.39, 0.29) is 17.0 Å². The van der Waals surface area contributed by atoms with Crippen molar-refractivity contribution in [2.24, 2.45) is 0 Å². The van der Waals surface area contributed by atoms with Crippen molar-refractivity contribution in [1.82, 2.24) is 4.72 Å². The molecule has 3 aromatic carbocycles. The summed E-state index contributed by atoms with van der Waals surface area (Å²) in [7, 11) is -3.66. The van der Waals surface area contributed by atoms with Crippen LogP contribution in [-0.4, -0.2) is 20.9 Å². The molecule has 0 unspecified atom stereocenters. The molecule has 0 aromatic heterocycles. The smallest absolute Gasteiger partial charge is 0.256 e. The summed E-state index contributed by atoms with van der Waals surface area (Å²) in [5, 5.41) is 2.83. The Labute approximate surface area is 177 Å². The van der Waals surface area contributed by atoms with Crippen LogP contribution in [0.5, 0.6) is 11.5 Å². The van der Waals surface area contributed by atoms with Gasteiger partial charge in [0.1, 0.15) is 5.75 Å². The Bertz CT molecular complexity index is 1160. The average molecular weight is 425 g/mol. The number of hydrogen-bond donors (Lipinski definition) is 2. The summed E-state index contributed by atoms with van der Waals surface area (Å²) in [6.07, 6.45) is 0. The van der Waals surface area contributed by atoms with Crippen molar-refractivity contribution in [3.05, 3.63) is 83.4 Å². The topological polar surface area (TPSA) is 84.5 Å². The summed E-state index contributed by atoms with van der Waals surface area (Å²) < 4.78 is 32.9. The minimum Gasteiger partial charge on any atom is -0.455 e. The Hall–Kier alpha value is -3.16. The predicted molar refractivity (Wildman–Crippen MR) is 118 cm³/mol. The Morgan fingerprint density at radius 3 is 2.37 bits per heavy atom. The van der Waals surface area contributed by atoms with Crippen LogP contribution >= 0.6 is 0 Å². The van der Waals surface area contributed by atoms with Crippen molar-refractivity contribution in [1.29, 1.82) is 0 Å². The van der Waals surface area contributed by atoms with Crippen LogP contribution in [-0.2, 0) is 10.0 Å². The van der Waals surface area contributed by atoms with Crippen LogP contribution < -0.4 is 14.8 Å². The predicted octanol–water partition coefficient (Wildman–Crippen LogP) is 4.65. The van der Waals surface area contributed by atoms with E-state index in [4.69, 9.17) is 4.74 Å². The van der Waals surface area contributed by atoms with Crippen molar-refractivity contribution in [2.45, 2.75) is 25.7 Å². The number of amides is 1. The number of anilines is 1. The first-order chi connectivity index (χ1) is 14.3. The van der Waals surface area contributed by atoms with Crippen LogP contribution in [0.25, 0.3) is 0 Å². The van der Waals surface area contributed by atoms with Gasteiger partial charge in [0.2, 0.25) is 10.0 Å². The highest BCUT2D eigenvalue weighted by atomic mass is 32.2. The number of ether oxygens (including phenoxy) is 1. The minimum atomic E-state index is -3.66. The molecule has 0 aliphatic rings. The lowest BCUT2D eigenvalue weighted by Crippen LogP contribution is -2.24. The number of sulfonamides is 1. The number of aryl methyl sites for hydroxylation is 2. The third-order valence-corrected chi connectivity index (χ3v) is 6.03. The quantitative estimate of drug-likeness (QED) is 0.578. The second-order valence-electron chi connectivity index (χ2n) is 6.84. The SMILES string of the molecule is CCNS(=O)(=O)c1ccc(C)c(C(=O)Nc2ccccc2Oc2ccc(C)cc2)c1. The molecule has 3 aromatic rings.